The number of hydrogen-bond acceptors (Lipinski definition) is 2. The maximum atomic E-state index is 6.26. The van der Waals surface area contributed by atoms with Gasteiger partial charge in [-0.25, -0.2) is 0 Å². The second-order valence-electron chi connectivity index (χ2n) is 6.86. The van der Waals surface area contributed by atoms with E-state index in [0.29, 0.717) is 26.7 Å². The summed E-state index contributed by atoms with van der Waals surface area (Å²) in [6, 6.07) is 16.9. The van der Waals surface area contributed by atoms with Gasteiger partial charge in [0, 0.05) is 37.8 Å². The number of rotatable bonds is 5. The van der Waals surface area contributed by atoms with Crippen molar-refractivity contribution in [1.82, 2.24) is 0 Å². The number of aliphatic imine (C=N–C) groups is 1. The Bertz CT molecular complexity index is 1150. The van der Waals surface area contributed by atoms with Crippen molar-refractivity contribution in [3.8, 4) is 5.75 Å². The van der Waals surface area contributed by atoms with Crippen LogP contribution in [-0.4, -0.2) is 12.3 Å². The standard InChI is InChI=1S/C24H17Cl4NO/c25-18-4-1-15(22(27)12-18)3-8-24-21-7-6-20(11-16(21)9-10-29-24)30-14-17-2-5-19(26)13-23(17)28/h1-8,11-13H,9-10,14H2. The first-order valence-electron chi connectivity index (χ1n) is 9.37. The van der Waals surface area contributed by atoms with E-state index in [1.54, 1.807) is 18.2 Å². The van der Waals surface area contributed by atoms with Crippen molar-refractivity contribution in [2.45, 2.75) is 13.0 Å². The highest BCUT2D eigenvalue weighted by atomic mass is 35.5. The van der Waals surface area contributed by atoms with Gasteiger partial charge in [0.1, 0.15) is 12.4 Å². The molecule has 0 saturated carbocycles. The fourth-order valence-corrected chi connectivity index (χ4v) is 4.18. The molecule has 3 aromatic rings. The third-order valence-corrected chi connectivity index (χ3v) is 5.96. The van der Waals surface area contributed by atoms with Gasteiger partial charge in [0.15, 0.2) is 0 Å². The monoisotopic (exact) mass is 475 g/mol. The van der Waals surface area contributed by atoms with Crippen LogP contribution in [0.25, 0.3) is 6.08 Å². The number of benzene rings is 3. The topological polar surface area (TPSA) is 21.6 Å². The smallest absolute Gasteiger partial charge is 0.120 e. The molecule has 0 unspecified atom stereocenters. The summed E-state index contributed by atoms with van der Waals surface area (Å²) in [6.45, 7) is 1.11. The fourth-order valence-electron chi connectivity index (χ4n) is 3.25. The molecule has 30 heavy (non-hydrogen) atoms. The molecule has 0 aromatic heterocycles. The predicted molar refractivity (Wildman–Crippen MR) is 128 cm³/mol. The van der Waals surface area contributed by atoms with Crippen molar-refractivity contribution >= 4 is 58.2 Å². The predicted octanol–water partition coefficient (Wildman–Crippen LogP) is 7.94. The highest BCUT2D eigenvalue weighted by Gasteiger charge is 2.14. The van der Waals surface area contributed by atoms with E-state index < -0.39 is 0 Å². The molecule has 1 aliphatic rings. The molecule has 0 spiro atoms. The summed E-state index contributed by atoms with van der Waals surface area (Å²) < 4.78 is 5.95. The molecule has 0 saturated heterocycles. The third-order valence-electron chi connectivity index (χ3n) is 4.81. The molecule has 0 fully saturated rings. The van der Waals surface area contributed by atoms with Gasteiger partial charge in [0.2, 0.25) is 0 Å². The van der Waals surface area contributed by atoms with E-state index in [0.717, 1.165) is 41.1 Å². The number of fused-ring (bicyclic) bond motifs is 1. The minimum absolute atomic E-state index is 0.380. The molecule has 1 heterocycles. The van der Waals surface area contributed by atoms with Crippen molar-refractivity contribution in [3.63, 3.8) is 0 Å². The summed E-state index contributed by atoms with van der Waals surface area (Å²) in [4.78, 5) is 4.67. The van der Waals surface area contributed by atoms with E-state index in [-0.39, 0.29) is 0 Å². The molecule has 6 heteroatoms. The third kappa shape index (κ3) is 5.01. The first-order valence-corrected chi connectivity index (χ1v) is 10.9. The average Bonchev–Trinajstić information content (AvgIpc) is 2.72. The van der Waals surface area contributed by atoms with Gasteiger partial charge in [-0.05, 0) is 66.1 Å². The Hall–Kier alpha value is -1.97. The van der Waals surface area contributed by atoms with Gasteiger partial charge in [0.05, 0.1) is 5.71 Å². The Balaban J connectivity index is 1.50. The summed E-state index contributed by atoms with van der Waals surface area (Å²) in [5, 5.41) is 2.43. The van der Waals surface area contributed by atoms with Crippen LogP contribution in [0.2, 0.25) is 20.1 Å². The molecule has 0 amide bonds. The van der Waals surface area contributed by atoms with Crippen LogP contribution < -0.4 is 4.74 Å². The SMILES string of the molecule is Clc1ccc(C=CC2=NCCc3cc(OCc4ccc(Cl)cc4Cl)ccc32)c(Cl)c1. The molecule has 0 N–H and O–H groups in total. The van der Waals surface area contributed by atoms with Crippen molar-refractivity contribution in [1.29, 1.82) is 0 Å². The van der Waals surface area contributed by atoms with Gasteiger partial charge in [-0.15, -0.1) is 0 Å². The Morgan fingerprint density at radius 1 is 0.833 bits per heavy atom. The van der Waals surface area contributed by atoms with Gasteiger partial charge in [0.25, 0.3) is 0 Å². The van der Waals surface area contributed by atoms with Crippen LogP contribution in [0.5, 0.6) is 5.75 Å². The molecule has 0 atom stereocenters. The van der Waals surface area contributed by atoms with Gasteiger partial charge >= 0.3 is 0 Å². The van der Waals surface area contributed by atoms with E-state index in [4.69, 9.17) is 51.1 Å². The van der Waals surface area contributed by atoms with Crippen LogP contribution >= 0.6 is 46.4 Å². The number of nitrogens with zero attached hydrogens (tertiary/aromatic N) is 1. The summed E-state index contributed by atoms with van der Waals surface area (Å²) >= 11 is 24.4. The fraction of sp³-hybridized carbons (Fsp3) is 0.125. The van der Waals surface area contributed by atoms with Gasteiger partial charge in [-0.3, -0.25) is 4.99 Å². The number of halogens is 4. The Labute approximate surface area is 195 Å². The van der Waals surface area contributed by atoms with E-state index in [9.17, 15) is 0 Å². The van der Waals surface area contributed by atoms with Crippen LogP contribution in [0.1, 0.15) is 22.3 Å². The minimum Gasteiger partial charge on any atom is -0.489 e. The highest BCUT2D eigenvalue weighted by Crippen LogP contribution is 2.27. The van der Waals surface area contributed by atoms with Crippen molar-refractivity contribution in [2.24, 2.45) is 4.99 Å². The molecule has 2 nitrogen and oxygen atoms in total. The van der Waals surface area contributed by atoms with Gasteiger partial charge in [-0.1, -0.05) is 64.6 Å². The minimum atomic E-state index is 0.380. The highest BCUT2D eigenvalue weighted by molar-refractivity contribution is 6.36. The van der Waals surface area contributed by atoms with Gasteiger partial charge in [-0.2, -0.15) is 0 Å². The number of hydrogen-bond donors (Lipinski definition) is 0. The van der Waals surface area contributed by atoms with Crippen LogP contribution in [0.15, 0.2) is 65.7 Å². The van der Waals surface area contributed by atoms with Gasteiger partial charge < -0.3 is 4.74 Å². The lowest BCUT2D eigenvalue weighted by atomic mass is 9.96. The lowest BCUT2D eigenvalue weighted by Crippen LogP contribution is -2.11. The van der Waals surface area contributed by atoms with E-state index >= 15 is 0 Å². The molecular formula is C24H17Cl4NO. The summed E-state index contributed by atoms with van der Waals surface area (Å²) in [6.07, 6.45) is 4.81. The summed E-state index contributed by atoms with van der Waals surface area (Å²) in [5.41, 5.74) is 5.01. The van der Waals surface area contributed by atoms with Crippen LogP contribution in [-0.2, 0) is 13.0 Å². The largest absolute Gasteiger partial charge is 0.489 e. The zero-order valence-corrected chi connectivity index (χ0v) is 18.9. The van der Waals surface area contributed by atoms with E-state index in [1.165, 1.54) is 5.56 Å². The summed E-state index contributed by atoms with van der Waals surface area (Å²) in [7, 11) is 0. The van der Waals surface area contributed by atoms with Crippen molar-refractivity contribution < 1.29 is 4.74 Å². The molecule has 152 valence electrons. The van der Waals surface area contributed by atoms with E-state index in [1.807, 2.05) is 42.5 Å². The van der Waals surface area contributed by atoms with Crippen molar-refractivity contribution in [3.05, 3.63) is 103 Å². The quantitative estimate of drug-likeness (QED) is 0.366. The second kappa shape index (κ2) is 9.45. The Morgan fingerprint density at radius 2 is 1.60 bits per heavy atom. The van der Waals surface area contributed by atoms with E-state index in [2.05, 4.69) is 11.1 Å². The maximum absolute atomic E-state index is 6.26. The van der Waals surface area contributed by atoms with Crippen LogP contribution in [0.3, 0.4) is 0 Å². The normalized spacial score (nSPS) is 13.3. The first-order chi connectivity index (χ1) is 14.5. The van der Waals surface area contributed by atoms with Crippen molar-refractivity contribution in [2.75, 3.05) is 6.54 Å². The average molecular weight is 477 g/mol. The molecule has 0 radical (unpaired) electrons. The summed E-state index contributed by atoms with van der Waals surface area (Å²) in [5.74, 6) is 0.797. The lowest BCUT2D eigenvalue weighted by molar-refractivity contribution is 0.306. The zero-order valence-electron chi connectivity index (χ0n) is 15.8. The molecule has 0 bridgehead atoms. The van der Waals surface area contributed by atoms with Crippen LogP contribution in [0.4, 0.5) is 0 Å². The molecule has 3 aromatic carbocycles. The molecule has 4 rings (SSSR count). The Kier molecular flexibility index (Phi) is 6.70. The maximum Gasteiger partial charge on any atom is 0.120 e. The Morgan fingerprint density at radius 3 is 2.37 bits per heavy atom. The zero-order chi connectivity index (χ0) is 21.1. The number of ether oxygens (including phenoxy) is 1. The second-order valence-corrected chi connectivity index (χ2v) is 8.55. The first kappa shape index (κ1) is 21.3. The molecular weight excluding hydrogens is 460 g/mol. The molecule has 1 aliphatic heterocycles. The molecule has 0 aliphatic carbocycles. The number of allylic oxidation sites excluding steroid dienone is 1. The lowest BCUT2D eigenvalue weighted by Gasteiger charge is -2.17. The van der Waals surface area contributed by atoms with Crippen LogP contribution in [0, 0.1) is 0 Å².